The number of aromatic nitrogens is 3. The minimum absolute atomic E-state index is 0.116. The summed E-state index contributed by atoms with van der Waals surface area (Å²) >= 11 is 0. The first-order chi connectivity index (χ1) is 14.0. The molecule has 0 saturated carbocycles. The molecule has 3 aromatic rings. The van der Waals surface area contributed by atoms with Crippen LogP contribution >= 0.6 is 0 Å². The molecule has 8 heteroatoms. The highest BCUT2D eigenvalue weighted by Crippen LogP contribution is 2.25. The Balaban J connectivity index is 1.51. The van der Waals surface area contributed by atoms with Crippen LogP contribution in [-0.2, 0) is 10.0 Å². The van der Waals surface area contributed by atoms with Gasteiger partial charge in [-0.2, -0.15) is 0 Å². The normalized spacial score (nSPS) is 15.3. The zero-order valence-electron chi connectivity index (χ0n) is 16.2. The van der Waals surface area contributed by atoms with Gasteiger partial charge in [-0.15, -0.1) is 10.2 Å². The van der Waals surface area contributed by atoms with Gasteiger partial charge in [0.25, 0.3) is 10.0 Å². The predicted molar refractivity (Wildman–Crippen MR) is 113 cm³/mol. The molecule has 0 unspecified atom stereocenters. The van der Waals surface area contributed by atoms with Gasteiger partial charge in [0.1, 0.15) is 4.90 Å². The summed E-state index contributed by atoms with van der Waals surface area (Å²) in [5, 5.41) is 8.74. The van der Waals surface area contributed by atoms with Gasteiger partial charge in [-0.1, -0.05) is 19.1 Å². The van der Waals surface area contributed by atoms with Crippen molar-refractivity contribution < 1.29 is 8.42 Å². The van der Waals surface area contributed by atoms with Gasteiger partial charge in [0.05, 0.1) is 5.69 Å². The van der Waals surface area contributed by atoms with Gasteiger partial charge in [0, 0.05) is 36.7 Å². The number of piperidine rings is 1. The molecule has 29 heavy (non-hydrogen) atoms. The van der Waals surface area contributed by atoms with Gasteiger partial charge in [0.15, 0.2) is 5.82 Å². The van der Waals surface area contributed by atoms with Crippen molar-refractivity contribution in [3.63, 3.8) is 0 Å². The molecule has 0 spiro atoms. The zero-order valence-corrected chi connectivity index (χ0v) is 17.0. The first-order valence-corrected chi connectivity index (χ1v) is 11.1. The van der Waals surface area contributed by atoms with Crippen LogP contribution in [0.25, 0.3) is 11.3 Å². The molecule has 7 nitrogen and oxygen atoms in total. The summed E-state index contributed by atoms with van der Waals surface area (Å²) in [4.78, 5) is 6.24. The third kappa shape index (κ3) is 4.54. The number of rotatable bonds is 5. The molecule has 4 rings (SSSR count). The van der Waals surface area contributed by atoms with Gasteiger partial charge < -0.3 is 4.90 Å². The molecule has 3 heterocycles. The number of benzene rings is 1. The molecular weight excluding hydrogens is 386 g/mol. The predicted octanol–water partition coefficient (Wildman–Crippen LogP) is 3.58. The van der Waals surface area contributed by atoms with Crippen molar-refractivity contribution in [1.29, 1.82) is 0 Å². The number of nitrogens with one attached hydrogen (secondary N) is 1. The van der Waals surface area contributed by atoms with Crippen LogP contribution in [-0.4, -0.2) is 36.7 Å². The van der Waals surface area contributed by atoms with E-state index in [0.717, 1.165) is 30.4 Å². The average molecular weight is 410 g/mol. The Morgan fingerprint density at radius 3 is 2.55 bits per heavy atom. The lowest BCUT2D eigenvalue weighted by Gasteiger charge is -2.30. The van der Waals surface area contributed by atoms with E-state index in [2.05, 4.69) is 31.7 Å². The molecule has 1 aromatic carbocycles. The lowest BCUT2D eigenvalue weighted by molar-refractivity contribution is 0.436. The smallest absolute Gasteiger partial charge is 0.263 e. The van der Waals surface area contributed by atoms with Crippen molar-refractivity contribution >= 4 is 21.5 Å². The lowest BCUT2D eigenvalue weighted by Crippen LogP contribution is -2.33. The molecule has 0 atom stereocenters. The first-order valence-electron chi connectivity index (χ1n) is 9.63. The van der Waals surface area contributed by atoms with E-state index >= 15 is 0 Å². The molecule has 0 radical (unpaired) electrons. The highest BCUT2D eigenvalue weighted by Gasteiger charge is 2.18. The van der Waals surface area contributed by atoms with E-state index in [4.69, 9.17) is 0 Å². The average Bonchev–Trinajstić information content (AvgIpc) is 2.75. The fraction of sp³-hybridized carbons (Fsp3) is 0.286. The number of anilines is 2. The van der Waals surface area contributed by atoms with Crippen molar-refractivity contribution in [3.8, 4) is 11.3 Å². The van der Waals surface area contributed by atoms with Crippen molar-refractivity contribution in [2.75, 3.05) is 22.7 Å². The second kappa shape index (κ2) is 8.16. The lowest BCUT2D eigenvalue weighted by atomic mass is 9.99. The fourth-order valence-corrected chi connectivity index (χ4v) is 4.36. The third-order valence-corrected chi connectivity index (χ3v) is 6.48. The Kier molecular flexibility index (Phi) is 5.44. The summed E-state index contributed by atoms with van der Waals surface area (Å²) in [5.74, 6) is 1.64. The summed E-state index contributed by atoms with van der Waals surface area (Å²) < 4.78 is 27.6. The van der Waals surface area contributed by atoms with Crippen molar-refractivity contribution in [1.82, 2.24) is 15.2 Å². The van der Waals surface area contributed by atoms with Gasteiger partial charge in [-0.3, -0.25) is 9.71 Å². The van der Waals surface area contributed by atoms with Gasteiger partial charge >= 0.3 is 0 Å². The van der Waals surface area contributed by atoms with E-state index < -0.39 is 10.0 Å². The number of hydrogen-bond donors (Lipinski definition) is 1. The van der Waals surface area contributed by atoms with Crippen molar-refractivity contribution in [2.24, 2.45) is 5.92 Å². The van der Waals surface area contributed by atoms with E-state index in [0.29, 0.717) is 11.4 Å². The molecule has 1 N–H and O–H groups in total. The summed E-state index contributed by atoms with van der Waals surface area (Å²) in [6.07, 6.45) is 5.19. The van der Waals surface area contributed by atoms with E-state index in [1.165, 1.54) is 31.3 Å². The van der Waals surface area contributed by atoms with Crippen LogP contribution in [0.4, 0.5) is 11.5 Å². The number of pyridine rings is 1. The highest BCUT2D eigenvalue weighted by molar-refractivity contribution is 7.92. The monoisotopic (exact) mass is 409 g/mol. The molecule has 150 valence electrons. The topological polar surface area (TPSA) is 88.1 Å². The van der Waals surface area contributed by atoms with Crippen LogP contribution in [0.5, 0.6) is 0 Å². The Bertz CT molecular complexity index is 1060. The largest absolute Gasteiger partial charge is 0.355 e. The van der Waals surface area contributed by atoms with Crippen LogP contribution in [0, 0.1) is 5.92 Å². The Hall–Kier alpha value is -3.00. The molecule has 0 bridgehead atoms. The minimum Gasteiger partial charge on any atom is -0.355 e. The summed E-state index contributed by atoms with van der Waals surface area (Å²) in [6.45, 7) is 4.28. The summed E-state index contributed by atoms with van der Waals surface area (Å²) in [5.41, 5.74) is 1.95. The second-order valence-corrected chi connectivity index (χ2v) is 9.00. The quantitative estimate of drug-likeness (QED) is 0.693. The molecule has 1 aliphatic heterocycles. The van der Waals surface area contributed by atoms with E-state index in [-0.39, 0.29) is 4.90 Å². The molecule has 1 saturated heterocycles. The molecule has 1 fully saturated rings. The van der Waals surface area contributed by atoms with Crippen molar-refractivity contribution in [2.45, 2.75) is 24.7 Å². The third-order valence-electron chi connectivity index (χ3n) is 5.11. The number of hydrogen-bond acceptors (Lipinski definition) is 6. The van der Waals surface area contributed by atoms with E-state index in [1.807, 2.05) is 18.2 Å². The number of nitrogens with zero attached hydrogens (tertiary/aromatic N) is 4. The zero-order chi connectivity index (χ0) is 20.3. The second-order valence-electron chi connectivity index (χ2n) is 7.32. The first kappa shape index (κ1) is 19.3. The van der Waals surface area contributed by atoms with Crippen molar-refractivity contribution in [3.05, 3.63) is 60.9 Å². The number of sulfonamides is 1. The van der Waals surface area contributed by atoms with Gasteiger partial charge in [-0.25, -0.2) is 8.42 Å². The fourth-order valence-electron chi connectivity index (χ4n) is 3.35. The van der Waals surface area contributed by atoms with Crippen LogP contribution in [0.1, 0.15) is 19.8 Å². The van der Waals surface area contributed by atoms with Gasteiger partial charge in [0.2, 0.25) is 0 Å². The minimum atomic E-state index is -3.69. The van der Waals surface area contributed by atoms with Crippen LogP contribution in [0.2, 0.25) is 0 Å². The van der Waals surface area contributed by atoms with E-state index in [9.17, 15) is 8.42 Å². The molecule has 2 aromatic heterocycles. The Morgan fingerprint density at radius 1 is 1.03 bits per heavy atom. The summed E-state index contributed by atoms with van der Waals surface area (Å²) in [6, 6.07) is 14.1. The van der Waals surface area contributed by atoms with Crippen LogP contribution in [0.15, 0.2) is 65.8 Å². The SMILES string of the molecule is CC1CCN(c2ccc(-c3cccc(NS(=O)(=O)c4cccnc4)c3)nn2)CC1. The molecule has 1 aliphatic rings. The maximum atomic E-state index is 12.5. The molecule has 0 aliphatic carbocycles. The Labute approximate surface area is 170 Å². The van der Waals surface area contributed by atoms with Crippen LogP contribution in [0.3, 0.4) is 0 Å². The summed E-state index contributed by atoms with van der Waals surface area (Å²) in [7, 11) is -3.69. The highest BCUT2D eigenvalue weighted by atomic mass is 32.2. The molecular formula is C21H23N5O2S. The van der Waals surface area contributed by atoms with Crippen LogP contribution < -0.4 is 9.62 Å². The maximum Gasteiger partial charge on any atom is 0.263 e. The van der Waals surface area contributed by atoms with E-state index in [1.54, 1.807) is 24.3 Å². The Morgan fingerprint density at radius 2 is 1.86 bits per heavy atom. The molecule has 0 amide bonds. The van der Waals surface area contributed by atoms with Gasteiger partial charge in [-0.05, 0) is 55.2 Å². The standard InChI is InChI=1S/C21H23N5O2S/c1-16-9-12-26(13-10-16)21-8-7-20(23-24-21)17-4-2-5-18(14-17)25-29(27,28)19-6-3-11-22-15-19/h2-8,11,14-16,25H,9-10,12-13H2,1H3. The maximum absolute atomic E-state index is 12.5.